The highest BCUT2D eigenvalue weighted by Crippen LogP contribution is 2.70. The van der Waals surface area contributed by atoms with Gasteiger partial charge in [-0.3, -0.25) is 9.59 Å². The molecule has 6 heterocycles. The number of carbonyl (C=O) groups is 2. The van der Waals surface area contributed by atoms with E-state index in [0.29, 0.717) is 11.8 Å². The van der Waals surface area contributed by atoms with Crippen molar-refractivity contribution in [3.8, 4) is 32.0 Å². The monoisotopic (exact) mass is 618 g/mol. The lowest BCUT2D eigenvalue weighted by Crippen LogP contribution is -2.30. The molecular weight excluding hydrogens is 597 g/mol. The quantitative estimate of drug-likeness (QED) is 0.197. The molecule has 2 nitrogen and oxygen atoms in total. The third-order valence-electron chi connectivity index (χ3n) is 8.41. The van der Waals surface area contributed by atoms with Crippen molar-refractivity contribution in [2.45, 2.75) is 46.0 Å². The lowest BCUT2D eigenvalue weighted by Gasteiger charge is -2.36. The summed E-state index contributed by atoms with van der Waals surface area (Å²) < 4.78 is 4.98. The first kappa shape index (κ1) is 23.7. The minimum absolute atomic E-state index is 0.206. The largest absolute Gasteiger partial charge is 0.287 e. The average Bonchev–Trinajstić information content (AvgIpc) is 3.68. The van der Waals surface area contributed by atoms with Gasteiger partial charge in [-0.1, -0.05) is 27.7 Å². The molecule has 0 radical (unpaired) electrons. The summed E-state index contributed by atoms with van der Waals surface area (Å²) in [6.45, 7) is 9.32. The zero-order chi connectivity index (χ0) is 26.5. The van der Waals surface area contributed by atoms with E-state index in [0.717, 1.165) is 32.4 Å². The summed E-state index contributed by atoms with van der Waals surface area (Å²) in [5, 5.41) is 4.32. The number of rotatable bonds is 4. The number of thiophene rings is 6. The molecule has 0 aromatic carbocycles. The van der Waals surface area contributed by atoms with Gasteiger partial charge in [0.15, 0.2) is 0 Å². The fourth-order valence-electron chi connectivity index (χ4n) is 7.53. The molecule has 6 aromatic rings. The lowest BCUT2D eigenvalue weighted by atomic mass is 9.66. The van der Waals surface area contributed by atoms with Gasteiger partial charge in [-0.15, -0.1) is 68.0 Å². The highest BCUT2D eigenvalue weighted by molar-refractivity contribution is 7.32. The van der Waals surface area contributed by atoms with Crippen molar-refractivity contribution in [1.82, 2.24) is 0 Å². The fraction of sp³-hybridized carbons (Fsp3) is 0.290. The molecule has 0 amide bonds. The van der Waals surface area contributed by atoms with Crippen LogP contribution in [-0.4, -0.2) is 11.6 Å². The van der Waals surface area contributed by atoms with Gasteiger partial charge >= 0.3 is 0 Å². The second-order valence-electron chi connectivity index (χ2n) is 11.8. The molecule has 3 aliphatic carbocycles. The number of ketones is 2. The smallest absolute Gasteiger partial charge is 0.214 e. The van der Waals surface area contributed by atoms with Crippen LogP contribution in [0.1, 0.15) is 80.8 Å². The first-order valence-corrected chi connectivity index (χ1v) is 18.3. The van der Waals surface area contributed by atoms with Gasteiger partial charge in [-0.2, -0.15) is 0 Å². The number of hydrogen-bond donors (Lipinski definition) is 0. The molecule has 0 saturated heterocycles. The Hall–Kier alpha value is -1.94. The second kappa shape index (κ2) is 7.66. The zero-order valence-corrected chi connectivity index (χ0v) is 26.5. The van der Waals surface area contributed by atoms with Crippen LogP contribution in [0.25, 0.3) is 50.8 Å². The summed E-state index contributed by atoms with van der Waals surface area (Å²) in [5.41, 5.74) is 7.40. The maximum Gasteiger partial charge on any atom is 0.214 e. The van der Waals surface area contributed by atoms with Crippen molar-refractivity contribution in [3.05, 3.63) is 53.5 Å². The molecule has 6 aromatic heterocycles. The number of carbonyl (C=O) groups excluding carboxylic acids is 2. The third-order valence-corrected chi connectivity index (χ3v) is 15.4. The minimum atomic E-state index is -0.220. The Morgan fingerprint density at radius 2 is 1.00 bits per heavy atom. The molecule has 0 spiro atoms. The summed E-state index contributed by atoms with van der Waals surface area (Å²) in [7, 11) is 0. The molecule has 0 N–H and O–H groups in total. The van der Waals surface area contributed by atoms with Crippen molar-refractivity contribution in [2.24, 2.45) is 11.8 Å². The van der Waals surface area contributed by atoms with Crippen molar-refractivity contribution in [1.29, 1.82) is 0 Å². The first-order chi connectivity index (χ1) is 18.8. The summed E-state index contributed by atoms with van der Waals surface area (Å²) in [6, 6.07) is 4.33. The predicted molar refractivity (Wildman–Crippen MR) is 172 cm³/mol. The Kier molecular flexibility index (Phi) is 4.66. The summed E-state index contributed by atoms with van der Waals surface area (Å²) >= 11 is 10.3. The van der Waals surface area contributed by atoms with Crippen molar-refractivity contribution >= 4 is 98.4 Å². The zero-order valence-electron chi connectivity index (χ0n) is 21.6. The van der Waals surface area contributed by atoms with E-state index in [1.807, 2.05) is 0 Å². The van der Waals surface area contributed by atoms with Crippen LogP contribution in [0.2, 0.25) is 0 Å². The highest BCUT2D eigenvalue weighted by atomic mass is 32.1. The van der Waals surface area contributed by atoms with Gasteiger partial charge < -0.3 is 0 Å². The van der Waals surface area contributed by atoms with Crippen LogP contribution in [0.15, 0.2) is 22.9 Å². The van der Waals surface area contributed by atoms with Crippen molar-refractivity contribution in [2.75, 3.05) is 0 Å². The van der Waals surface area contributed by atoms with Crippen molar-refractivity contribution < 1.29 is 9.59 Å². The fourth-order valence-corrected chi connectivity index (χ4v) is 15.1. The Bertz CT molecular complexity index is 1930. The van der Waals surface area contributed by atoms with Gasteiger partial charge in [0.1, 0.15) is 0 Å². The van der Waals surface area contributed by atoms with Crippen molar-refractivity contribution in [3.63, 3.8) is 0 Å². The van der Waals surface area contributed by atoms with Crippen LogP contribution < -0.4 is 0 Å². The van der Waals surface area contributed by atoms with Gasteiger partial charge in [0.25, 0.3) is 0 Å². The molecule has 0 atom stereocenters. The maximum absolute atomic E-state index is 13.8. The van der Waals surface area contributed by atoms with Gasteiger partial charge in [-0.25, -0.2) is 0 Å². The molecule has 3 aliphatic rings. The van der Waals surface area contributed by atoms with Crippen LogP contribution in [-0.2, 0) is 5.41 Å². The molecule has 9 rings (SSSR count). The summed E-state index contributed by atoms with van der Waals surface area (Å²) in [4.78, 5) is 33.9. The normalized spacial score (nSPS) is 16.2. The topological polar surface area (TPSA) is 34.1 Å². The molecule has 39 heavy (non-hydrogen) atoms. The molecule has 0 aliphatic heterocycles. The Balaban J connectivity index is 1.43. The van der Waals surface area contributed by atoms with Crippen LogP contribution in [0.4, 0.5) is 0 Å². The van der Waals surface area contributed by atoms with Gasteiger partial charge in [0.05, 0.1) is 38.7 Å². The van der Waals surface area contributed by atoms with Gasteiger partial charge in [0, 0.05) is 37.1 Å². The van der Waals surface area contributed by atoms with Gasteiger partial charge in [-0.05, 0) is 58.7 Å². The summed E-state index contributed by atoms with van der Waals surface area (Å²) in [5.74, 6) is 1.35. The molecule has 0 saturated carbocycles. The van der Waals surface area contributed by atoms with E-state index < -0.39 is 0 Å². The highest BCUT2D eigenvalue weighted by Gasteiger charge is 2.55. The first-order valence-electron chi connectivity index (χ1n) is 13.2. The SMILES string of the molecule is CC(C)CC1(CC(C)C)c2c(sc3c2-c2c(sc4ccsc24)C3=O)-c2sc3c(c21)-c1c(sc2ccsc12)C3=O. The van der Waals surface area contributed by atoms with Crippen LogP contribution in [0, 0.1) is 11.8 Å². The van der Waals surface area contributed by atoms with E-state index >= 15 is 0 Å². The molecule has 0 unspecified atom stereocenters. The van der Waals surface area contributed by atoms with E-state index in [1.54, 1.807) is 68.0 Å². The number of hydrogen-bond acceptors (Lipinski definition) is 8. The van der Waals surface area contributed by atoms with E-state index in [9.17, 15) is 9.59 Å². The lowest BCUT2D eigenvalue weighted by molar-refractivity contribution is 0.104. The van der Waals surface area contributed by atoms with Crippen LogP contribution in [0.5, 0.6) is 0 Å². The minimum Gasteiger partial charge on any atom is -0.287 e. The molecule has 0 fully saturated rings. The second-order valence-corrected chi connectivity index (χ2v) is 17.8. The standard InChI is InChI=1S/C31H22O2S6/c1-11(2)9-31(10-12(3)4)19-15-17-23-13(5-7-34-23)36-27(17)21(32)25(15)38-29(19)30-20(31)16-18-24-14(6-8-35-24)37-28(18)22(33)26(16)39-30/h5-8,11-12H,9-10H2,1-4H3. The van der Waals surface area contributed by atoms with E-state index in [1.165, 1.54) is 61.9 Å². The maximum atomic E-state index is 13.8. The molecule has 8 heteroatoms. The molecule has 0 bridgehead atoms. The Labute approximate surface area is 249 Å². The molecular formula is C31H22O2S6. The average molecular weight is 619 g/mol. The van der Waals surface area contributed by atoms with E-state index in [4.69, 9.17) is 0 Å². The molecule has 194 valence electrons. The third kappa shape index (κ3) is 2.72. The van der Waals surface area contributed by atoms with E-state index in [-0.39, 0.29) is 17.0 Å². The van der Waals surface area contributed by atoms with Crippen LogP contribution in [0.3, 0.4) is 0 Å². The van der Waals surface area contributed by atoms with E-state index in [2.05, 4.69) is 50.6 Å². The van der Waals surface area contributed by atoms with Gasteiger partial charge in [0.2, 0.25) is 11.6 Å². The Morgan fingerprint density at radius 1 is 0.590 bits per heavy atom. The summed E-state index contributed by atoms with van der Waals surface area (Å²) in [6.07, 6.45) is 2.03. The Morgan fingerprint density at radius 3 is 1.41 bits per heavy atom. The predicted octanol–water partition coefficient (Wildman–Crippen LogP) is 11.1. The number of fused-ring (bicyclic) bond motifs is 15. The van der Waals surface area contributed by atoms with Crippen LogP contribution >= 0.6 is 68.0 Å².